The molecule has 3 aromatic carbocycles. The number of hydrogen-bond acceptors (Lipinski definition) is 2. The van der Waals surface area contributed by atoms with Crippen LogP contribution in [0.1, 0.15) is 0 Å². The molecule has 0 aliphatic heterocycles. The molecule has 4 rings (SSSR count). The molecule has 2 N–H and O–H groups in total. The average molecular weight is 304 g/mol. The molecule has 23 heavy (non-hydrogen) atoms. The number of nitrogens with zero attached hydrogens (tertiary/aromatic N) is 2. The second-order valence-corrected chi connectivity index (χ2v) is 5.24. The third kappa shape index (κ3) is 2.14. The Kier molecular flexibility index (Phi) is 2.87. The predicted octanol–water partition coefficient (Wildman–Crippen LogP) is 3.72. The van der Waals surface area contributed by atoms with Crippen LogP contribution in [0.4, 0.5) is 9.18 Å². The molecule has 1 radical (unpaired) electrons. The number of nitrogens with two attached hydrogens (primary N) is 1. The molecule has 0 saturated carbocycles. The number of rotatable bonds is 1. The van der Waals surface area contributed by atoms with Crippen molar-refractivity contribution in [3.8, 4) is 11.3 Å². The molecule has 5 heteroatoms. The topological polar surface area (TPSA) is 60.9 Å². The van der Waals surface area contributed by atoms with E-state index in [1.807, 2.05) is 42.5 Å². The van der Waals surface area contributed by atoms with Gasteiger partial charge in [-0.3, -0.25) is 0 Å². The maximum absolute atomic E-state index is 13.5. The second kappa shape index (κ2) is 4.91. The van der Waals surface area contributed by atoms with Gasteiger partial charge < -0.3 is 5.73 Å². The molecular weight excluding hydrogens is 293 g/mol. The van der Waals surface area contributed by atoms with Gasteiger partial charge in [0, 0.05) is 23.1 Å². The van der Waals surface area contributed by atoms with E-state index in [0.717, 1.165) is 21.0 Å². The summed E-state index contributed by atoms with van der Waals surface area (Å²) in [6.07, 6.45) is 0. The minimum absolute atomic E-state index is 0.330. The van der Waals surface area contributed by atoms with Crippen LogP contribution in [-0.2, 0) is 0 Å². The first kappa shape index (κ1) is 13.5. The van der Waals surface area contributed by atoms with Gasteiger partial charge >= 0.3 is 6.03 Å². The largest absolute Gasteiger partial charge is 0.350 e. The second-order valence-electron chi connectivity index (χ2n) is 5.24. The number of amides is 1. The maximum Gasteiger partial charge on any atom is 0.340 e. The highest BCUT2D eigenvalue weighted by molar-refractivity contribution is 5.99. The van der Waals surface area contributed by atoms with Crippen LogP contribution in [0.15, 0.2) is 54.6 Å². The lowest BCUT2D eigenvalue weighted by atomic mass is 10.0. The number of aromatic nitrogens is 2. The van der Waals surface area contributed by atoms with Gasteiger partial charge in [-0.25, -0.2) is 9.18 Å². The number of carbonyl (C=O) groups is 1. The van der Waals surface area contributed by atoms with Crippen molar-refractivity contribution in [3.05, 3.63) is 66.5 Å². The highest BCUT2D eigenvalue weighted by atomic mass is 19.1. The summed E-state index contributed by atoms with van der Waals surface area (Å²) in [5.41, 5.74) is 7.07. The zero-order valence-corrected chi connectivity index (χ0v) is 12.0. The van der Waals surface area contributed by atoms with Gasteiger partial charge in [0.1, 0.15) is 11.5 Å². The standard InChI is InChI=1S/C18H11FN3O/c19-14-7-8-15-16(10-14)22(18(20)23)21-17(15)13-6-5-11-3-1-2-4-12(11)9-13/h1-6,8-10H,(H2,20,23). The van der Waals surface area contributed by atoms with Crippen LogP contribution in [0.5, 0.6) is 0 Å². The molecule has 111 valence electrons. The monoisotopic (exact) mass is 304 g/mol. The van der Waals surface area contributed by atoms with Crippen molar-refractivity contribution < 1.29 is 9.18 Å². The number of carbonyl (C=O) groups excluding carboxylic acids is 1. The van der Waals surface area contributed by atoms with E-state index in [1.54, 1.807) is 0 Å². The Bertz CT molecular complexity index is 1070. The average Bonchev–Trinajstić information content (AvgIpc) is 2.93. The van der Waals surface area contributed by atoms with Gasteiger partial charge in [0.2, 0.25) is 0 Å². The van der Waals surface area contributed by atoms with Gasteiger partial charge in [-0.1, -0.05) is 36.4 Å². The lowest BCUT2D eigenvalue weighted by Gasteiger charge is -2.01. The molecule has 0 spiro atoms. The summed E-state index contributed by atoms with van der Waals surface area (Å²) < 4.78 is 14.5. The van der Waals surface area contributed by atoms with Crippen LogP contribution in [0.25, 0.3) is 32.9 Å². The molecule has 4 aromatic rings. The number of benzene rings is 3. The van der Waals surface area contributed by atoms with Gasteiger partial charge in [-0.05, 0) is 22.9 Å². The van der Waals surface area contributed by atoms with E-state index >= 15 is 0 Å². The van der Waals surface area contributed by atoms with Crippen molar-refractivity contribution in [2.45, 2.75) is 0 Å². The Morgan fingerprint density at radius 3 is 2.70 bits per heavy atom. The lowest BCUT2D eigenvalue weighted by Crippen LogP contribution is -2.20. The highest BCUT2D eigenvalue weighted by Crippen LogP contribution is 2.30. The normalized spacial score (nSPS) is 11.2. The van der Waals surface area contributed by atoms with E-state index in [0.29, 0.717) is 16.6 Å². The first-order chi connectivity index (χ1) is 11.1. The summed E-state index contributed by atoms with van der Waals surface area (Å²) in [6, 6.07) is 18.2. The molecular formula is C18H11FN3O. The molecule has 0 unspecified atom stereocenters. The van der Waals surface area contributed by atoms with Crippen LogP contribution in [-0.4, -0.2) is 15.8 Å². The molecule has 4 nitrogen and oxygen atoms in total. The lowest BCUT2D eigenvalue weighted by molar-refractivity contribution is 0.248. The smallest absolute Gasteiger partial charge is 0.340 e. The van der Waals surface area contributed by atoms with E-state index in [1.165, 1.54) is 12.1 Å². The van der Waals surface area contributed by atoms with Crippen LogP contribution in [0.2, 0.25) is 0 Å². The predicted molar refractivity (Wildman–Crippen MR) is 86.5 cm³/mol. The zero-order valence-electron chi connectivity index (χ0n) is 12.0. The molecule has 1 heterocycles. The van der Waals surface area contributed by atoms with Crippen molar-refractivity contribution in [3.63, 3.8) is 0 Å². The minimum atomic E-state index is -0.757. The van der Waals surface area contributed by atoms with Crippen LogP contribution in [0.3, 0.4) is 0 Å². The molecule has 1 aromatic heterocycles. The summed E-state index contributed by atoms with van der Waals surface area (Å²) in [5, 5.41) is 7.05. The number of halogens is 1. The maximum atomic E-state index is 13.5. The fourth-order valence-corrected chi connectivity index (χ4v) is 2.74. The summed E-state index contributed by atoms with van der Waals surface area (Å²) >= 11 is 0. The van der Waals surface area contributed by atoms with E-state index in [-0.39, 0.29) is 0 Å². The van der Waals surface area contributed by atoms with Crippen molar-refractivity contribution >= 4 is 27.7 Å². The number of primary amides is 1. The van der Waals surface area contributed by atoms with E-state index < -0.39 is 11.8 Å². The minimum Gasteiger partial charge on any atom is -0.350 e. The molecule has 0 saturated heterocycles. The molecule has 0 bridgehead atoms. The van der Waals surface area contributed by atoms with Crippen LogP contribution in [0, 0.1) is 11.9 Å². The molecule has 0 atom stereocenters. The van der Waals surface area contributed by atoms with E-state index in [9.17, 15) is 9.18 Å². The molecule has 0 aliphatic carbocycles. The Morgan fingerprint density at radius 1 is 1.13 bits per heavy atom. The van der Waals surface area contributed by atoms with Crippen molar-refractivity contribution in [1.29, 1.82) is 0 Å². The van der Waals surface area contributed by atoms with E-state index in [4.69, 9.17) is 5.73 Å². The molecule has 1 amide bonds. The van der Waals surface area contributed by atoms with Gasteiger partial charge in [0.25, 0.3) is 0 Å². The Hall–Kier alpha value is -3.21. The highest BCUT2D eigenvalue weighted by Gasteiger charge is 2.16. The summed E-state index contributed by atoms with van der Waals surface area (Å²) in [4.78, 5) is 11.6. The van der Waals surface area contributed by atoms with Gasteiger partial charge in [0.05, 0.1) is 5.52 Å². The van der Waals surface area contributed by atoms with Gasteiger partial charge in [0.15, 0.2) is 0 Å². The zero-order chi connectivity index (χ0) is 16.0. The molecule has 0 aliphatic rings. The Labute approximate surface area is 130 Å². The summed E-state index contributed by atoms with van der Waals surface area (Å²) in [5.74, 6) is -0.565. The van der Waals surface area contributed by atoms with E-state index in [2.05, 4.69) is 11.2 Å². The SMILES string of the molecule is NC(=O)n1nc(-c2ccc3ccccc3c2)c2c[c]c(F)cc21. The van der Waals surface area contributed by atoms with Crippen LogP contribution >= 0.6 is 0 Å². The quantitative estimate of drug-likeness (QED) is 0.582. The van der Waals surface area contributed by atoms with Crippen molar-refractivity contribution in [1.82, 2.24) is 9.78 Å². The third-order valence-electron chi connectivity index (χ3n) is 3.81. The Balaban J connectivity index is 2.02. The van der Waals surface area contributed by atoms with Crippen LogP contribution < -0.4 is 5.73 Å². The fourth-order valence-electron chi connectivity index (χ4n) is 2.74. The summed E-state index contributed by atoms with van der Waals surface area (Å²) in [6.45, 7) is 0. The van der Waals surface area contributed by atoms with Crippen molar-refractivity contribution in [2.24, 2.45) is 5.73 Å². The number of fused-ring (bicyclic) bond motifs is 2. The van der Waals surface area contributed by atoms with Gasteiger partial charge in [-0.2, -0.15) is 9.78 Å². The molecule has 0 fully saturated rings. The summed E-state index contributed by atoms with van der Waals surface area (Å²) in [7, 11) is 0. The third-order valence-corrected chi connectivity index (χ3v) is 3.81. The first-order valence-corrected chi connectivity index (χ1v) is 7.02. The fraction of sp³-hybridized carbons (Fsp3) is 0. The van der Waals surface area contributed by atoms with Crippen molar-refractivity contribution in [2.75, 3.05) is 0 Å². The number of hydrogen-bond donors (Lipinski definition) is 1. The first-order valence-electron chi connectivity index (χ1n) is 7.02. The van der Waals surface area contributed by atoms with Gasteiger partial charge in [-0.15, -0.1) is 0 Å². The Morgan fingerprint density at radius 2 is 1.91 bits per heavy atom.